The lowest BCUT2D eigenvalue weighted by Gasteiger charge is -2.05. The number of hydrogen-bond acceptors (Lipinski definition) is 3. The van der Waals surface area contributed by atoms with E-state index in [9.17, 15) is 9.59 Å². The molecule has 0 rings (SSSR count). The molecule has 1 atom stereocenters. The van der Waals surface area contributed by atoms with Crippen molar-refractivity contribution in [3.8, 4) is 0 Å². The molecule has 0 aromatic rings. The number of amidine groups is 1. The fourth-order valence-corrected chi connectivity index (χ4v) is 0.313. The Morgan fingerprint density at radius 1 is 1.60 bits per heavy atom. The Labute approximate surface area is 57.1 Å². The molecule has 55 valence electrons. The molecule has 6 nitrogen and oxygen atoms in total. The van der Waals surface area contributed by atoms with Crippen LogP contribution in [0.5, 0.6) is 0 Å². The zero-order valence-electron chi connectivity index (χ0n) is 5.05. The Balaban J connectivity index is 3.96. The van der Waals surface area contributed by atoms with Crippen molar-refractivity contribution in [3.63, 3.8) is 0 Å². The lowest BCUT2D eigenvalue weighted by Crippen LogP contribution is -2.47. The summed E-state index contributed by atoms with van der Waals surface area (Å²) in [5.74, 6) is -0.492. The van der Waals surface area contributed by atoms with Gasteiger partial charge in [-0.2, -0.15) is 0 Å². The fraction of sp³-hybridized carbons (Fsp3) is 0.250. The number of rotatable bonds is 3. The van der Waals surface area contributed by atoms with Crippen molar-refractivity contribution in [2.24, 2.45) is 11.5 Å². The van der Waals surface area contributed by atoms with E-state index >= 15 is 0 Å². The summed E-state index contributed by atoms with van der Waals surface area (Å²) in [6, 6.07) is -2.14. The Kier molecular flexibility index (Phi) is 2.89. The molecule has 0 bridgehead atoms. The van der Waals surface area contributed by atoms with E-state index in [1.807, 2.05) is 5.32 Å². The van der Waals surface area contributed by atoms with Crippen LogP contribution in [0.2, 0.25) is 0 Å². The molecular formula is C4H7N4O2. The van der Waals surface area contributed by atoms with Gasteiger partial charge in [0.15, 0.2) is 6.04 Å². The summed E-state index contributed by atoms with van der Waals surface area (Å²) in [6.07, 6.45) is 1.32. The molecule has 0 aliphatic rings. The van der Waals surface area contributed by atoms with Gasteiger partial charge in [-0.15, -0.1) is 0 Å². The minimum Gasteiger partial charge on any atom is -0.386 e. The first kappa shape index (κ1) is 8.41. The van der Waals surface area contributed by atoms with Crippen LogP contribution in [0.3, 0.4) is 0 Å². The van der Waals surface area contributed by atoms with E-state index in [0.29, 0.717) is 0 Å². The Morgan fingerprint density at radius 3 is 2.20 bits per heavy atom. The van der Waals surface area contributed by atoms with Crippen LogP contribution in [0.4, 0.5) is 4.79 Å². The molecule has 0 spiro atoms. The maximum atomic E-state index is 10.1. The molecule has 0 aromatic carbocycles. The molecule has 6 heteroatoms. The van der Waals surface area contributed by atoms with Crippen LogP contribution in [0.1, 0.15) is 0 Å². The van der Waals surface area contributed by atoms with Gasteiger partial charge >= 0.3 is 6.03 Å². The van der Waals surface area contributed by atoms with Crippen molar-refractivity contribution >= 4 is 18.2 Å². The van der Waals surface area contributed by atoms with E-state index in [4.69, 9.17) is 11.1 Å². The highest BCUT2D eigenvalue weighted by atomic mass is 16.2. The highest BCUT2D eigenvalue weighted by Gasteiger charge is 2.11. The monoisotopic (exact) mass is 143 g/mol. The van der Waals surface area contributed by atoms with E-state index in [1.165, 1.54) is 6.29 Å². The summed E-state index contributed by atoms with van der Waals surface area (Å²) in [7, 11) is 0. The Bertz CT molecular complexity index is 167. The molecule has 0 aliphatic carbocycles. The van der Waals surface area contributed by atoms with Crippen molar-refractivity contribution in [1.29, 1.82) is 5.41 Å². The highest BCUT2D eigenvalue weighted by molar-refractivity contribution is 5.99. The van der Waals surface area contributed by atoms with Gasteiger partial charge < -0.3 is 16.8 Å². The van der Waals surface area contributed by atoms with Crippen LogP contribution in [-0.4, -0.2) is 24.2 Å². The summed E-state index contributed by atoms with van der Waals surface area (Å²) in [5.41, 5.74) is 9.47. The number of nitrogens with one attached hydrogen (secondary N) is 2. The Hall–Kier alpha value is -1.59. The van der Waals surface area contributed by atoms with Crippen molar-refractivity contribution in [2.45, 2.75) is 6.04 Å². The SMILES string of the molecule is N=C(N)C([C]=O)NC(N)=O. The third-order valence-electron chi connectivity index (χ3n) is 0.715. The van der Waals surface area contributed by atoms with E-state index in [2.05, 4.69) is 5.73 Å². The van der Waals surface area contributed by atoms with Gasteiger partial charge in [0.1, 0.15) is 5.84 Å². The van der Waals surface area contributed by atoms with Gasteiger partial charge in [0, 0.05) is 0 Å². The summed E-state index contributed by atoms with van der Waals surface area (Å²) >= 11 is 0. The third kappa shape index (κ3) is 2.65. The molecule has 0 saturated heterocycles. The van der Waals surface area contributed by atoms with Crippen molar-refractivity contribution in [2.75, 3.05) is 0 Å². The molecule has 0 aliphatic heterocycles. The molecule has 1 unspecified atom stereocenters. The van der Waals surface area contributed by atoms with Crippen LogP contribution >= 0.6 is 0 Å². The number of amides is 2. The van der Waals surface area contributed by atoms with Crippen LogP contribution < -0.4 is 16.8 Å². The maximum Gasteiger partial charge on any atom is 0.313 e. The first-order valence-electron chi connectivity index (χ1n) is 2.35. The molecule has 0 aromatic heterocycles. The van der Waals surface area contributed by atoms with Crippen molar-refractivity contribution in [3.05, 3.63) is 0 Å². The van der Waals surface area contributed by atoms with E-state index in [0.717, 1.165) is 0 Å². The van der Waals surface area contributed by atoms with Gasteiger partial charge in [0.05, 0.1) is 0 Å². The number of hydrogen-bond donors (Lipinski definition) is 4. The first-order valence-corrected chi connectivity index (χ1v) is 2.35. The van der Waals surface area contributed by atoms with Crippen LogP contribution in [0.25, 0.3) is 0 Å². The first-order chi connectivity index (χ1) is 4.57. The Morgan fingerprint density at radius 2 is 2.10 bits per heavy atom. The van der Waals surface area contributed by atoms with Crippen molar-refractivity contribution in [1.82, 2.24) is 5.32 Å². The van der Waals surface area contributed by atoms with E-state index in [1.54, 1.807) is 0 Å². The highest BCUT2D eigenvalue weighted by Crippen LogP contribution is 1.73. The second-order valence-corrected chi connectivity index (χ2v) is 1.51. The predicted octanol–water partition coefficient (Wildman–Crippen LogP) is -1.93. The molecule has 6 N–H and O–H groups in total. The molecule has 0 heterocycles. The zero-order valence-corrected chi connectivity index (χ0v) is 5.05. The maximum absolute atomic E-state index is 10.1. The second kappa shape index (κ2) is 3.44. The topological polar surface area (TPSA) is 122 Å². The average molecular weight is 143 g/mol. The quantitative estimate of drug-likeness (QED) is 0.271. The smallest absolute Gasteiger partial charge is 0.313 e. The largest absolute Gasteiger partial charge is 0.386 e. The van der Waals surface area contributed by atoms with Gasteiger partial charge in [0.25, 0.3) is 0 Å². The number of primary amides is 1. The van der Waals surface area contributed by atoms with Gasteiger partial charge in [-0.1, -0.05) is 0 Å². The molecule has 0 saturated carbocycles. The van der Waals surface area contributed by atoms with Gasteiger partial charge in [-0.25, -0.2) is 4.79 Å². The lowest BCUT2D eigenvalue weighted by atomic mass is 10.3. The predicted molar refractivity (Wildman–Crippen MR) is 34.1 cm³/mol. The number of urea groups is 1. The van der Waals surface area contributed by atoms with Crippen LogP contribution in [-0.2, 0) is 4.79 Å². The van der Waals surface area contributed by atoms with Crippen LogP contribution in [0.15, 0.2) is 0 Å². The molecule has 10 heavy (non-hydrogen) atoms. The molecule has 2 amide bonds. The summed E-state index contributed by atoms with van der Waals surface area (Å²) in [4.78, 5) is 19.9. The normalized spacial score (nSPS) is 11.6. The van der Waals surface area contributed by atoms with Crippen LogP contribution in [0, 0.1) is 5.41 Å². The van der Waals surface area contributed by atoms with Gasteiger partial charge in [-0.05, 0) is 0 Å². The van der Waals surface area contributed by atoms with Crippen molar-refractivity contribution < 1.29 is 9.59 Å². The minimum atomic E-state index is -1.22. The molecule has 1 radical (unpaired) electrons. The molecular weight excluding hydrogens is 136 g/mol. The van der Waals surface area contributed by atoms with E-state index in [-0.39, 0.29) is 0 Å². The van der Waals surface area contributed by atoms with Gasteiger partial charge in [-0.3, -0.25) is 10.2 Å². The lowest BCUT2D eigenvalue weighted by molar-refractivity contribution is 0.249. The zero-order chi connectivity index (χ0) is 8.15. The number of carbonyl (C=O) groups is 1. The van der Waals surface area contributed by atoms with Gasteiger partial charge in [0.2, 0.25) is 6.29 Å². The average Bonchev–Trinajstić information content (AvgIpc) is 1.81. The molecule has 0 fully saturated rings. The summed E-state index contributed by atoms with van der Waals surface area (Å²) in [5, 5.41) is 8.58. The number of nitrogens with two attached hydrogens (primary N) is 2. The number of carbonyl (C=O) groups excluding carboxylic acids is 2. The fourth-order valence-electron chi connectivity index (χ4n) is 0.313. The summed E-state index contributed by atoms with van der Waals surface area (Å²) in [6.45, 7) is 0. The summed E-state index contributed by atoms with van der Waals surface area (Å²) < 4.78 is 0. The van der Waals surface area contributed by atoms with E-state index < -0.39 is 17.9 Å². The third-order valence-corrected chi connectivity index (χ3v) is 0.715. The second-order valence-electron chi connectivity index (χ2n) is 1.51. The minimum absolute atomic E-state index is 0.492. The standard InChI is InChI=1S/C4H7N4O2/c5-3(6)2(1-9)8-4(7)10/h2H,(H3,5,6)(H3,7,8,10).